The summed E-state index contributed by atoms with van der Waals surface area (Å²) in [6.07, 6.45) is 2.72. The Bertz CT molecular complexity index is 1350. The fourth-order valence-electron chi connectivity index (χ4n) is 3.09. The molecule has 0 fully saturated rings. The summed E-state index contributed by atoms with van der Waals surface area (Å²) in [6.45, 7) is 0. The maximum Gasteiger partial charge on any atom is 0.259 e. The Morgan fingerprint density at radius 2 is 1.68 bits per heavy atom. The molecule has 0 radical (unpaired) electrons. The van der Waals surface area contributed by atoms with Crippen LogP contribution in [0.5, 0.6) is 0 Å². The lowest BCUT2D eigenvalue weighted by Crippen LogP contribution is -2.12. The SMILES string of the molecule is CS(=O)(=O)c1ccc(-c2nn(-c3ccccc3)cc2C(=O)Nc2cccc(F)c2)cc1. The van der Waals surface area contributed by atoms with E-state index in [0.717, 1.165) is 11.9 Å². The average molecular weight is 435 g/mol. The predicted octanol–water partition coefficient (Wildman–Crippen LogP) is 4.33. The van der Waals surface area contributed by atoms with E-state index in [1.165, 1.54) is 30.3 Å². The summed E-state index contributed by atoms with van der Waals surface area (Å²) in [5, 5.41) is 7.24. The van der Waals surface area contributed by atoms with Gasteiger partial charge in [0.2, 0.25) is 0 Å². The van der Waals surface area contributed by atoms with Crippen LogP contribution in [0.15, 0.2) is 90.0 Å². The Balaban J connectivity index is 1.77. The molecule has 0 bridgehead atoms. The Hall–Kier alpha value is -3.78. The fourth-order valence-corrected chi connectivity index (χ4v) is 3.72. The van der Waals surface area contributed by atoms with Gasteiger partial charge in [-0.2, -0.15) is 5.10 Å². The van der Waals surface area contributed by atoms with E-state index in [1.54, 1.807) is 29.1 Å². The molecule has 0 atom stereocenters. The van der Waals surface area contributed by atoms with Crippen LogP contribution in [-0.4, -0.2) is 30.4 Å². The van der Waals surface area contributed by atoms with Crippen LogP contribution in [0, 0.1) is 5.82 Å². The van der Waals surface area contributed by atoms with Crippen molar-refractivity contribution >= 4 is 21.4 Å². The lowest BCUT2D eigenvalue weighted by molar-refractivity contribution is 0.102. The monoisotopic (exact) mass is 435 g/mol. The molecule has 156 valence electrons. The first-order valence-electron chi connectivity index (χ1n) is 9.34. The van der Waals surface area contributed by atoms with E-state index in [-0.39, 0.29) is 10.5 Å². The Morgan fingerprint density at radius 3 is 2.32 bits per heavy atom. The third-order valence-electron chi connectivity index (χ3n) is 4.62. The van der Waals surface area contributed by atoms with Gasteiger partial charge in [-0.3, -0.25) is 4.79 Å². The number of hydrogen-bond acceptors (Lipinski definition) is 4. The second-order valence-electron chi connectivity index (χ2n) is 6.93. The normalized spacial score (nSPS) is 11.3. The molecular weight excluding hydrogens is 417 g/mol. The number of benzene rings is 3. The molecule has 0 spiro atoms. The molecule has 0 aliphatic carbocycles. The van der Waals surface area contributed by atoms with Crippen LogP contribution in [0.3, 0.4) is 0 Å². The second kappa shape index (κ2) is 8.16. The molecule has 1 amide bonds. The molecule has 0 unspecified atom stereocenters. The number of amides is 1. The first-order valence-corrected chi connectivity index (χ1v) is 11.2. The summed E-state index contributed by atoms with van der Waals surface area (Å²) in [5.74, 6) is -0.927. The summed E-state index contributed by atoms with van der Waals surface area (Å²) in [6, 6.07) is 21.0. The van der Waals surface area contributed by atoms with E-state index in [2.05, 4.69) is 10.4 Å². The van der Waals surface area contributed by atoms with Crippen LogP contribution in [0.4, 0.5) is 10.1 Å². The molecule has 0 aliphatic rings. The van der Waals surface area contributed by atoms with Gasteiger partial charge < -0.3 is 5.32 Å². The van der Waals surface area contributed by atoms with E-state index in [0.29, 0.717) is 16.9 Å². The van der Waals surface area contributed by atoms with Crippen LogP contribution in [0.25, 0.3) is 16.9 Å². The average Bonchev–Trinajstić information content (AvgIpc) is 3.20. The number of para-hydroxylation sites is 1. The number of nitrogens with zero attached hydrogens (tertiary/aromatic N) is 2. The molecule has 6 nitrogen and oxygen atoms in total. The number of carbonyl (C=O) groups excluding carboxylic acids is 1. The van der Waals surface area contributed by atoms with Gasteiger partial charge in [0.05, 0.1) is 16.1 Å². The maximum atomic E-state index is 13.5. The molecule has 4 rings (SSSR count). The van der Waals surface area contributed by atoms with Crippen LogP contribution in [0.1, 0.15) is 10.4 Å². The van der Waals surface area contributed by atoms with E-state index in [1.807, 2.05) is 30.3 Å². The number of carbonyl (C=O) groups is 1. The molecule has 3 aromatic carbocycles. The highest BCUT2D eigenvalue weighted by atomic mass is 32.2. The summed E-state index contributed by atoms with van der Waals surface area (Å²) < 4.78 is 38.6. The van der Waals surface area contributed by atoms with Crippen molar-refractivity contribution in [2.75, 3.05) is 11.6 Å². The second-order valence-corrected chi connectivity index (χ2v) is 8.95. The van der Waals surface area contributed by atoms with Crippen molar-refractivity contribution in [3.63, 3.8) is 0 Å². The number of rotatable bonds is 5. The molecule has 1 N–H and O–H groups in total. The standard InChI is InChI=1S/C23H18FN3O3S/c1-31(29,30)20-12-10-16(11-13-20)22-21(15-27(26-22)19-8-3-2-4-9-19)23(28)25-18-7-5-6-17(24)14-18/h2-15H,1H3,(H,25,28). The van der Waals surface area contributed by atoms with Gasteiger partial charge in [-0.1, -0.05) is 36.4 Å². The molecular formula is C23H18FN3O3S. The third kappa shape index (κ3) is 4.54. The van der Waals surface area contributed by atoms with Gasteiger partial charge in [-0.25, -0.2) is 17.5 Å². The van der Waals surface area contributed by atoms with Crippen molar-refractivity contribution in [2.24, 2.45) is 0 Å². The minimum atomic E-state index is -3.35. The number of halogens is 1. The van der Waals surface area contributed by atoms with Gasteiger partial charge in [0.1, 0.15) is 11.5 Å². The minimum absolute atomic E-state index is 0.171. The van der Waals surface area contributed by atoms with Crippen molar-refractivity contribution in [3.05, 3.63) is 96.4 Å². The van der Waals surface area contributed by atoms with E-state index in [4.69, 9.17) is 0 Å². The van der Waals surface area contributed by atoms with Crippen LogP contribution >= 0.6 is 0 Å². The van der Waals surface area contributed by atoms with Crippen molar-refractivity contribution in [1.82, 2.24) is 9.78 Å². The predicted molar refractivity (Wildman–Crippen MR) is 116 cm³/mol. The van der Waals surface area contributed by atoms with Gasteiger partial charge in [0.15, 0.2) is 9.84 Å². The topological polar surface area (TPSA) is 81.1 Å². The highest BCUT2D eigenvalue weighted by Gasteiger charge is 2.20. The lowest BCUT2D eigenvalue weighted by atomic mass is 10.1. The quantitative estimate of drug-likeness (QED) is 0.506. The van der Waals surface area contributed by atoms with E-state index < -0.39 is 21.6 Å². The Morgan fingerprint density at radius 1 is 0.968 bits per heavy atom. The minimum Gasteiger partial charge on any atom is -0.322 e. The van der Waals surface area contributed by atoms with Crippen molar-refractivity contribution < 1.29 is 17.6 Å². The van der Waals surface area contributed by atoms with Gasteiger partial charge in [-0.15, -0.1) is 0 Å². The smallest absolute Gasteiger partial charge is 0.259 e. The van der Waals surface area contributed by atoms with E-state index >= 15 is 0 Å². The van der Waals surface area contributed by atoms with Gasteiger partial charge >= 0.3 is 0 Å². The summed E-state index contributed by atoms with van der Waals surface area (Å²) in [5.41, 5.74) is 2.28. The van der Waals surface area contributed by atoms with Crippen molar-refractivity contribution in [2.45, 2.75) is 4.90 Å². The van der Waals surface area contributed by atoms with Gasteiger partial charge in [0, 0.05) is 23.7 Å². The van der Waals surface area contributed by atoms with Crippen LogP contribution < -0.4 is 5.32 Å². The van der Waals surface area contributed by atoms with Crippen LogP contribution in [-0.2, 0) is 9.84 Å². The largest absolute Gasteiger partial charge is 0.322 e. The zero-order chi connectivity index (χ0) is 22.0. The summed E-state index contributed by atoms with van der Waals surface area (Å²) in [7, 11) is -3.35. The molecule has 1 heterocycles. The molecule has 0 saturated heterocycles. The molecule has 31 heavy (non-hydrogen) atoms. The molecule has 1 aromatic heterocycles. The number of anilines is 1. The number of aromatic nitrogens is 2. The van der Waals surface area contributed by atoms with Gasteiger partial charge in [0.25, 0.3) is 5.91 Å². The first kappa shape index (κ1) is 20.5. The van der Waals surface area contributed by atoms with Crippen molar-refractivity contribution in [3.8, 4) is 16.9 Å². The zero-order valence-electron chi connectivity index (χ0n) is 16.5. The molecule has 8 heteroatoms. The van der Waals surface area contributed by atoms with Crippen molar-refractivity contribution in [1.29, 1.82) is 0 Å². The summed E-state index contributed by atoms with van der Waals surface area (Å²) in [4.78, 5) is 13.2. The first-order chi connectivity index (χ1) is 14.8. The van der Waals surface area contributed by atoms with Gasteiger partial charge in [-0.05, 0) is 42.5 Å². The maximum absolute atomic E-state index is 13.5. The number of hydrogen-bond donors (Lipinski definition) is 1. The number of sulfone groups is 1. The Kier molecular flexibility index (Phi) is 5.39. The summed E-state index contributed by atoms with van der Waals surface area (Å²) >= 11 is 0. The van der Waals surface area contributed by atoms with Crippen LogP contribution in [0.2, 0.25) is 0 Å². The molecule has 0 saturated carbocycles. The fraction of sp³-hybridized carbons (Fsp3) is 0.0435. The molecule has 0 aliphatic heterocycles. The Labute approximate surface area is 178 Å². The zero-order valence-corrected chi connectivity index (χ0v) is 17.3. The highest BCUT2D eigenvalue weighted by molar-refractivity contribution is 7.90. The van der Waals surface area contributed by atoms with E-state index in [9.17, 15) is 17.6 Å². The highest BCUT2D eigenvalue weighted by Crippen LogP contribution is 2.26. The third-order valence-corrected chi connectivity index (χ3v) is 5.75. The number of nitrogens with one attached hydrogen (secondary N) is 1. The lowest BCUT2D eigenvalue weighted by Gasteiger charge is -2.06. The molecule has 4 aromatic rings.